The lowest BCUT2D eigenvalue weighted by atomic mass is 10.1. The van der Waals surface area contributed by atoms with Crippen LogP contribution in [0.5, 0.6) is 0 Å². The van der Waals surface area contributed by atoms with Crippen molar-refractivity contribution in [3.63, 3.8) is 0 Å². The number of aromatic nitrogens is 1. The number of amides is 1. The number of carbonyl (C=O) groups is 1. The maximum absolute atomic E-state index is 13.2. The van der Waals surface area contributed by atoms with Gasteiger partial charge in [-0.15, -0.1) is 0 Å². The summed E-state index contributed by atoms with van der Waals surface area (Å²) in [5.41, 5.74) is 12.6. The van der Waals surface area contributed by atoms with E-state index in [1.807, 2.05) is 47.0 Å². The van der Waals surface area contributed by atoms with Crippen LogP contribution in [0.2, 0.25) is 0 Å². The molecule has 0 spiro atoms. The van der Waals surface area contributed by atoms with Gasteiger partial charge in [0.25, 0.3) is 5.91 Å². The molecule has 1 aliphatic heterocycles. The van der Waals surface area contributed by atoms with Gasteiger partial charge in [-0.05, 0) is 74.7 Å². The summed E-state index contributed by atoms with van der Waals surface area (Å²) in [4.78, 5) is 15.1. The van der Waals surface area contributed by atoms with Crippen molar-refractivity contribution in [2.75, 3.05) is 22.5 Å². The summed E-state index contributed by atoms with van der Waals surface area (Å²) in [6.07, 6.45) is 2.85. The van der Waals surface area contributed by atoms with E-state index >= 15 is 0 Å². The molecule has 1 amide bonds. The zero-order valence-electron chi connectivity index (χ0n) is 17.5. The topological polar surface area (TPSA) is 63.3 Å². The number of nitrogens with one attached hydrogen (secondary N) is 1. The molecule has 5 heteroatoms. The van der Waals surface area contributed by atoms with Crippen LogP contribution < -0.4 is 16.0 Å². The number of nitrogens with zero attached hydrogens (tertiary/aromatic N) is 2. The minimum absolute atomic E-state index is 0.0184. The van der Waals surface area contributed by atoms with Gasteiger partial charge in [0.05, 0.1) is 0 Å². The summed E-state index contributed by atoms with van der Waals surface area (Å²) >= 11 is 0. The molecule has 0 aliphatic carbocycles. The molecule has 3 aromatic rings. The van der Waals surface area contributed by atoms with E-state index in [0.717, 1.165) is 40.2 Å². The van der Waals surface area contributed by atoms with Crippen LogP contribution in [0.4, 0.5) is 17.1 Å². The number of benzene rings is 2. The predicted molar refractivity (Wildman–Crippen MR) is 120 cm³/mol. The zero-order chi connectivity index (χ0) is 20.8. The van der Waals surface area contributed by atoms with Gasteiger partial charge < -0.3 is 20.5 Å². The molecule has 0 unspecified atom stereocenters. The van der Waals surface area contributed by atoms with Crippen LogP contribution in [-0.4, -0.2) is 22.6 Å². The van der Waals surface area contributed by atoms with Gasteiger partial charge in [-0.25, -0.2) is 0 Å². The summed E-state index contributed by atoms with van der Waals surface area (Å²) in [6, 6.07) is 16.1. The molecule has 150 valence electrons. The Morgan fingerprint density at radius 2 is 1.76 bits per heavy atom. The van der Waals surface area contributed by atoms with Crippen LogP contribution in [0.3, 0.4) is 0 Å². The fourth-order valence-corrected chi connectivity index (χ4v) is 3.88. The first-order valence-corrected chi connectivity index (χ1v) is 9.96. The summed E-state index contributed by atoms with van der Waals surface area (Å²) in [6.45, 7) is 7.10. The number of carbonyl (C=O) groups excluding carboxylic acids is 1. The fraction of sp³-hybridized carbons (Fsp3) is 0.292. The normalized spacial score (nSPS) is 13.4. The van der Waals surface area contributed by atoms with Crippen LogP contribution >= 0.6 is 0 Å². The number of hydrogen-bond acceptors (Lipinski definition) is 3. The minimum atomic E-state index is 0.0184. The molecule has 0 fully saturated rings. The van der Waals surface area contributed by atoms with Crippen LogP contribution in [0.15, 0.2) is 54.7 Å². The standard InChI is InChI=1S/C24H28N4O/c1-24(2,3)26-20-8-5-16(6-9-20)18-14-22(27(4)15-18)23(29)28-12-11-17-13-19(25)7-10-21(17)28/h5-10,13-15,26H,11-12,25H2,1-4H3. The molecule has 3 N–H and O–H groups in total. The number of hydrogen-bond donors (Lipinski definition) is 2. The Labute approximate surface area is 172 Å². The van der Waals surface area contributed by atoms with Gasteiger partial charge in [-0.3, -0.25) is 4.79 Å². The number of anilines is 3. The van der Waals surface area contributed by atoms with E-state index in [0.29, 0.717) is 12.2 Å². The van der Waals surface area contributed by atoms with Crippen LogP contribution in [0.25, 0.3) is 11.1 Å². The number of nitrogen functional groups attached to an aromatic ring is 1. The predicted octanol–water partition coefficient (Wildman–Crippen LogP) is 4.69. The molecule has 1 aliphatic rings. The Kier molecular flexibility index (Phi) is 4.61. The smallest absolute Gasteiger partial charge is 0.274 e. The molecule has 0 atom stereocenters. The Bertz CT molecular complexity index is 1060. The maximum Gasteiger partial charge on any atom is 0.274 e. The zero-order valence-corrected chi connectivity index (χ0v) is 17.5. The fourth-order valence-electron chi connectivity index (χ4n) is 3.88. The third kappa shape index (κ3) is 3.86. The highest BCUT2D eigenvalue weighted by molar-refractivity contribution is 6.07. The Morgan fingerprint density at radius 1 is 1.03 bits per heavy atom. The van der Waals surface area contributed by atoms with Crippen molar-refractivity contribution >= 4 is 23.0 Å². The van der Waals surface area contributed by atoms with Gasteiger partial charge in [0.1, 0.15) is 5.69 Å². The molecule has 2 aromatic carbocycles. The van der Waals surface area contributed by atoms with Gasteiger partial charge in [-0.2, -0.15) is 0 Å². The lowest BCUT2D eigenvalue weighted by molar-refractivity contribution is 0.0981. The Morgan fingerprint density at radius 3 is 2.45 bits per heavy atom. The largest absolute Gasteiger partial charge is 0.399 e. The first kappa shape index (κ1) is 19.1. The number of fused-ring (bicyclic) bond motifs is 1. The van der Waals surface area contributed by atoms with Crippen LogP contribution in [0, 0.1) is 0 Å². The van der Waals surface area contributed by atoms with Crippen molar-refractivity contribution in [2.24, 2.45) is 7.05 Å². The molecule has 1 aromatic heterocycles. The number of nitrogens with two attached hydrogens (primary N) is 1. The second-order valence-corrected chi connectivity index (χ2v) is 8.77. The van der Waals surface area contributed by atoms with Crippen LogP contribution in [0.1, 0.15) is 36.8 Å². The van der Waals surface area contributed by atoms with E-state index in [9.17, 15) is 4.79 Å². The quantitative estimate of drug-likeness (QED) is 0.640. The van der Waals surface area contributed by atoms with Crippen molar-refractivity contribution in [1.82, 2.24) is 4.57 Å². The molecule has 4 rings (SSSR count). The van der Waals surface area contributed by atoms with E-state index in [1.54, 1.807) is 0 Å². The number of rotatable bonds is 3. The van der Waals surface area contributed by atoms with Gasteiger partial charge in [0.15, 0.2) is 0 Å². The molecule has 0 bridgehead atoms. The average Bonchev–Trinajstić information content (AvgIpc) is 3.23. The molecule has 0 radical (unpaired) electrons. The van der Waals surface area contributed by atoms with Gasteiger partial charge in [-0.1, -0.05) is 12.1 Å². The summed E-state index contributed by atoms with van der Waals surface area (Å²) in [7, 11) is 1.92. The lowest BCUT2D eigenvalue weighted by Gasteiger charge is -2.22. The average molecular weight is 389 g/mol. The van der Waals surface area contributed by atoms with E-state index in [-0.39, 0.29) is 11.4 Å². The monoisotopic (exact) mass is 388 g/mol. The first-order valence-electron chi connectivity index (χ1n) is 9.96. The Balaban J connectivity index is 1.58. The highest BCUT2D eigenvalue weighted by atomic mass is 16.2. The van der Waals surface area contributed by atoms with Crippen molar-refractivity contribution < 1.29 is 4.79 Å². The molecular weight excluding hydrogens is 360 g/mol. The van der Waals surface area contributed by atoms with E-state index in [2.05, 4.69) is 50.4 Å². The van der Waals surface area contributed by atoms with Crippen molar-refractivity contribution in [1.29, 1.82) is 0 Å². The molecular formula is C24H28N4O. The third-order valence-electron chi connectivity index (χ3n) is 5.21. The Hall–Kier alpha value is -3.21. The second kappa shape index (κ2) is 6.99. The van der Waals surface area contributed by atoms with E-state index in [4.69, 9.17) is 5.73 Å². The second-order valence-electron chi connectivity index (χ2n) is 8.77. The summed E-state index contributed by atoms with van der Waals surface area (Å²) in [5.74, 6) is 0.0216. The van der Waals surface area contributed by atoms with Gasteiger partial charge in [0, 0.05) is 48.0 Å². The maximum atomic E-state index is 13.2. The number of aryl methyl sites for hydroxylation is 1. The SMILES string of the molecule is Cn1cc(-c2ccc(NC(C)(C)C)cc2)cc1C(=O)N1CCc2cc(N)ccc21. The molecule has 0 saturated heterocycles. The van der Waals surface area contributed by atoms with Crippen molar-refractivity contribution in [3.8, 4) is 11.1 Å². The highest BCUT2D eigenvalue weighted by Crippen LogP contribution is 2.32. The van der Waals surface area contributed by atoms with E-state index < -0.39 is 0 Å². The summed E-state index contributed by atoms with van der Waals surface area (Å²) in [5, 5.41) is 3.47. The molecule has 0 saturated carbocycles. The molecule has 29 heavy (non-hydrogen) atoms. The van der Waals surface area contributed by atoms with Gasteiger partial charge >= 0.3 is 0 Å². The first-order chi connectivity index (χ1) is 13.7. The van der Waals surface area contributed by atoms with Crippen molar-refractivity contribution in [2.45, 2.75) is 32.7 Å². The van der Waals surface area contributed by atoms with Crippen molar-refractivity contribution in [3.05, 3.63) is 66.0 Å². The lowest BCUT2D eigenvalue weighted by Crippen LogP contribution is -2.30. The van der Waals surface area contributed by atoms with Crippen LogP contribution in [-0.2, 0) is 13.5 Å². The minimum Gasteiger partial charge on any atom is -0.399 e. The molecule has 2 heterocycles. The van der Waals surface area contributed by atoms with Gasteiger partial charge in [0.2, 0.25) is 0 Å². The third-order valence-corrected chi connectivity index (χ3v) is 5.21. The highest BCUT2D eigenvalue weighted by Gasteiger charge is 2.27. The summed E-state index contributed by atoms with van der Waals surface area (Å²) < 4.78 is 1.91. The van der Waals surface area contributed by atoms with E-state index in [1.165, 1.54) is 0 Å². The molecule has 5 nitrogen and oxygen atoms in total.